The second-order valence-corrected chi connectivity index (χ2v) is 3.52. The molecule has 0 radical (unpaired) electrons. The fourth-order valence-electron chi connectivity index (χ4n) is 0.859. The van der Waals surface area contributed by atoms with Crippen molar-refractivity contribution in [2.45, 2.75) is 6.18 Å². The average Bonchev–Trinajstić information content (AvgIpc) is 2.14. The minimum Gasteiger partial charge on any atom is -0.482 e. The minimum atomic E-state index is -4.52. The normalized spacial score (nSPS) is 11.2. The highest BCUT2D eigenvalue weighted by Crippen LogP contribution is 2.23. The molecule has 0 atom stereocenters. The first-order valence-electron chi connectivity index (χ1n) is 3.88. The molecule has 1 heterocycles. The lowest BCUT2D eigenvalue weighted by molar-refractivity contribution is -0.153. The van der Waals surface area contributed by atoms with Gasteiger partial charge in [0.2, 0.25) is 0 Å². The van der Waals surface area contributed by atoms with Gasteiger partial charge in [0.15, 0.2) is 12.4 Å². The molecule has 0 aromatic carbocycles. The van der Waals surface area contributed by atoms with Gasteiger partial charge in [0, 0.05) is 0 Å². The van der Waals surface area contributed by atoms with Gasteiger partial charge in [-0.25, -0.2) is 9.78 Å². The Kier molecular flexibility index (Phi) is 3.74. The number of carbonyl (C=O) groups is 1. The van der Waals surface area contributed by atoms with Gasteiger partial charge >= 0.3 is 12.1 Å². The molecule has 8 heteroatoms. The van der Waals surface area contributed by atoms with Crippen molar-refractivity contribution in [3.8, 4) is 5.75 Å². The molecule has 0 amide bonds. The summed E-state index contributed by atoms with van der Waals surface area (Å²) in [5, 5.41) is 8.71. The predicted molar refractivity (Wildman–Crippen MR) is 50.4 cm³/mol. The van der Waals surface area contributed by atoms with Crippen LogP contribution < -0.4 is 4.74 Å². The number of halogens is 4. The predicted octanol–water partition coefficient (Wildman–Crippen LogP) is 2.48. The van der Waals surface area contributed by atoms with Crippen LogP contribution in [0, 0.1) is 0 Å². The van der Waals surface area contributed by atoms with E-state index in [1.807, 2.05) is 0 Å². The van der Waals surface area contributed by atoms with Gasteiger partial charge in [-0.3, -0.25) is 0 Å². The van der Waals surface area contributed by atoms with Crippen molar-refractivity contribution in [3.05, 3.63) is 22.4 Å². The Morgan fingerprint density at radius 2 is 2.19 bits per heavy atom. The largest absolute Gasteiger partial charge is 0.482 e. The molecule has 0 saturated heterocycles. The Bertz CT molecular complexity index is 408. The third kappa shape index (κ3) is 3.69. The number of pyridine rings is 1. The van der Waals surface area contributed by atoms with Crippen molar-refractivity contribution in [1.82, 2.24) is 4.98 Å². The van der Waals surface area contributed by atoms with Gasteiger partial charge in [-0.2, -0.15) is 13.2 Å². The summed E-state index contributed by atoms with van der Waals surface area (Å²) in [5.74, 6) is -1.81. The first-order valence-corrected chi connectivity index (χ1v) is 4.67. The van der Waals surface area contributed by atoms with Crippen molar-refractivity contribution in [2.75, 3.05) is 6.61 Å². The van der Waals surface area contributed by atoms with Crippen molar-refractivity contribution in [2.24, 2.45) is 0 Å². The summed E-state index contributed by atoms with van der Waals surface area (Å²) in [4.78, 5) is 14.3. The lowest BCUT2D eigenvalue weighted by Crippen LogP contribution is -2.20. The van der Waals surface area contributed by atoms with Crippen molar-refractivity contribution < 1.29 is 27.8 Å². The lowest BCUT2D eigenvalue weighted by Gasteiger charge is -2.10. The number of aromatic carboxylic acids is 1. The van der Waals surface area contributed by atoms with Gasteiger partial charge in [0.05, 0.1) is 6.20 Å². The quantitative estimate of drug-likeness (QED) is 0.871. The maximum Gasteiger partial charge on any atom is 0.422 e. The second kappa shape index (κ2) is 4.69. The molecule has 0 fully saturated rings. The summed E-state index contributed by atoms with van der Waals surface area (Å²) in [6.07, 6.45) is -3.61. The Morgan fingerprint density at radius 3 is 2.69 bits per heavy atom. The summed E-state index contributed by atoms with van der Waals surface area (Å²) >= 11 is 2.90. The molecule has 88 valence electrons. The molecule has 0 aliphatic heterocycles. The second-order valence-electron chi connectivity index (χ2n) is 2.71. The topological polar surface area (TPSA) is 59.4 Å². The summed E-state index contributed by atoms with van der Waals surface area (Å²) in [6.45, 7) is -1.56. The van der Waals surface area contributed by atoms with E-state index < -0.39 is 24.5 Å². The number of rotatable bonds is 3. The van der Waals surface area contributed by atoms with Crippen LogP contribution in [-0.2, 0) is 0 Å². The molecule has 0 saturated carbocycles. The van der Waals surface area contributed by atoms with E-state index >= 15 is 0 Å². The van der Waals surface area contributed by atoms with Crippen LogP contribution in [0.1, 0.15) is 10.4 Å². The number of carboxylic acid groups (broad SMARTS) is 1. The molecule has 1 N–H and O–H groups in total. The number of ether oxygens (including phenoxy) is 1. The van der Waals surface area contributed by atoms with E-state index in [1.54, 1.807) is 0 Å². The Balaban J connectivity index is 2.91. The maximum atomic E-state index is 11.9. The van der Waals surface area contributed by atoms with Crippen LogP contribution in [0.5, 0.6) is 5.75 Å². The maximum absolute atomic E-state index is 11.9. The van der Waals surface area contributed by atoms with Gasteiger partial charge in [0.25, 0.3) is 0 Å². The SMILES string of the molecule is O=C(O)c1cc(Br)ncc1OCC(F)(F)F. The fourth-order valence-corrected chi connectivity index (χ4v) is 1.19. The molecule has 0 bridgehead atoms. The molecule has 0 aliphatic carbocycles. The number of aromatic nitrogens is 1. The Hall–Kier alpha value is -1.31. The van der Waals surface area contributed by atoms with E-state index in [9.17, 15) is 18.0 Å². The van der Waals surface area contributed by atoms with Crippen molar-refractivity contribution in [3.63, 3.8) is 0 Å². The number of hydrogen-bond donors (Lipinski definition) is 1. The van der Waals surface area contributed by atoms with E-state index in [4.69, 9.17) is 5.11 Å². The zero-order valence-electron chi connectivity index (χ0n) is 7.58. The molecule has 0 spiro atoms. The smallest absolute Gasteiger partial charge is 0.422 e. The van der Waals surface area contributed by atoms with E-state index in [-0.39, 0.29) is 10.2 Å². The standard InChI is InChI=1S/C8H5BrF3NO3/c9-6-1-4(7(14)15)5(2-13-6)16-3-8(10,11)12/h1-2H,3H2,(H,14,15). The highest BCUT2D eigenvalue weighted by molar-refractivity contribution is 9.10. The van der Waals surface area contributed by atoms with E-state index in [1.165, 1.54) is 0 Å². The van der Waals surface area contributed by atoms with E-state index in [2.05, 4.69) is 25.7 Å². The van der Waals surface area contributed by atoms with Gasteiger partial charge in [-0.05, 0) is 22.0 Å². The summed E-state index contributed by atoms with van der Waals surface area (Å²) in [6, 6.07) is 1.06. The third-order valence-electron chi connectivity index (χ3n) is 1.46. The highest BCUT2D eigenvalue weighted by atomic mass is 79.9. The Labute approximate surface area is 96.2 Å². The highest BCUT2D eigenvalue weighted by Gasteiger charge is 2.29. The Morgan fingerprint density at radius 1 is 1.56 bits per heavy atom. The monoisotopic (exact) mass is 299 g/mol. The summed E-state index contributed by atoms with van der Waals surface area (Å²) in [5.41, 5.74) is -0.383. The molecule has 16 heavy (non-hydrogen) atoms. The molecule has 0 aliphatic rings. The van der Waals surface area contributed by atoms with Gasteiger partial charge in [0.1, 0.15) is 10.2 Å². The number of hydrogen-bond acceptors (Lipinski definition) is 3. The molecule has 1 rings (SSSR count). The molecule has 4 nitrogen and oxygen atoms in total. The average molecular weight is 300 g/mol. The zero-order valence-corrected chi connectivity index (χ0v) is 9.17. The molecular formula is C8H5BrF3NO3. The lowest BCUT2D eigenvalue weighted by atomic mass is 10.2. The van der Waals surface area contributed by atoms with Gasteiger partial charge in [-0.15, -0.1) is 0 Å². The summed E-state index contributed by atoms with van der Waals surface area (Å²) < 4.78 is 40.1. The van der Waals surface area contributed by atoms with Gasteiger partial charge in [-0.1, -0.05) is 0 Å². The molecule has 1 aromatic rings. The first-order chi connectivity index (χ1) is 7.29. The third-order valence-corrected chi connectivity index (χ3v) is 1.89. The zero-order chi connectivity index (χ0) is 12.3. The van der Waals surface area contributed by atoms with Crippen LogP contribution in [0.2, 0.25) is 0 Å². The molecule has 1 aromatic heterocycles. The first kappa shape index (κ1) is 12.8. The van der Waals surface area contributed by atoms with Crippen LogP contribution >= 0.6 is 15.9 Å². The number of alkyl halides is 3. The van der Waals surface area contributed by atoms with Crippen LogP contribution in [0.4, 0.5) is 13.2 Å². The van der Waals surface area contributed by atoms with Crippen LogP contribution in [-0.4, -0.2) is 28.8 Å². The van der Waals surface area contributed by atoms with Gasteiger partial charge < -0.3 is 9.84 Å². The van der Waals surface area contributed by atoms with Crippen LogP contribution in [0.25, 0.3) is 0 Å². The van der Waals surface area contributed by atoms with Crippen LogP contribution in [0.15, 0.2) is 16.9 Å². The molecular weight excluding hydrogens is 295 g/mol. The van der Waals surface area contributed by atoms with Crippen molar-refractivity contribution >= 4 is 21.9 Å². The van der Waals surface area contributed by atoms with E-state index in [0.717, 1.165) is 12.3 Å². The fraction of sp³-hybridized carbons (Fsp3) is 0.250. The number of carboxylic acids is 1. The van der Waals surface area contributed by atoms with Crippen LogP contribution in [0.3, 0.4) is 0 Å². The summed E-state index contributed by atoms with van der Waals surface area (Å²) in [7, 11) is 0. The van der Waals surface area contributed by atoms with Crippen molar-refractivity contribution in [1.29, 1.82) is 0 Å². The molecule has 0 unspecified atom stereocenters. The van der Waals surface area contributed by atoms with E-state index in [0.29, 0.717) is 0 Å². The number of nitrogens with zero attached hydrogens (tertiary/aromatic N) is 1. The minimum absolute atomic E-state index is 0.198.